The van der Waals surface area contributed by atoms with Crippen molar-refractivity contribution < 1.29 is 13.2 Å². The van der Waals surface area contributed by atoms with Crippen molar-refractivity contribution in [2.75, 3.05) is 9.21 Å². The number of nitrogens with zero attached hydrogens (tertiary/aromatic N) is 2. The highest BCUT2D eigenvalue weighted by Gasteiger charge is 2.43. The average molecular weight is 404 g/mol. The molecule has 1 heterocycles. The van der Waals surface area contributed by atoms with Crippen LogP contribution >= 0.6 is 0 Å². The molecule has 5 nitrogen and oxygen atoms in total. The Hall–Kier alpha value is -3.38. The molecule has 0 saturated heterocycles. The number of sulfonamides is 1. The highest BCUT2D eigenvalue weighted by Crippen LogP contribution is 2.38. The van der Waals surface area contributed by atoms with Gasteiger partial charge in [0.2, 0.25) is 0 Å². The maximum absolute atomic E-state index is 13.7. The molecule has 3 aromatic carbocycles. The summed E-state index contributed by atoms with van der Waals surface area (Å²) < 4.78 is 28.6. The number of aryl methyl sites for hydroxylation is 1. The van der Waals surface area contributed by atoms with Crippen molar-refractivity contribution in [2.24, 2.45) is 0 Å². The molecule has 3 aromatic rings. The second kappa shape index (κ2) is 7.22. The normalized spacial score (nSPS) is 16.4. The summed E-state index contributed by atoms with van der Waals surface area (Å²) in [4.78, 5) is 14.9. The van der Waals surface area contributed by atoms with Crippen molar-refractivity contribution in [1.29, 1.82) is 0 Å². The van der Waals surface area contributed by atoms with Crippen LogP contribution in [0.3, 0.4) is 0 Å². The topological polar surface area (TPSA) is 57.7 Å². The lowest BCUT2D eigenvalue weighted by atomic mass is 10.1. The summed E-state index contributed by atoms with van der Waals surface area (Å²) in [6, 6.07) is 22.4. The van der Waals surface area contributed by atoms with Gasteiger partial charge < -0.3 is 0 Å². The molecule has 4 rings (SSSR count). The lowest BCUT2D eigenvalue weighted by Gasteiger charge is -2.43. The van der Waals surface area contributed by atoms with Crippen LogP contribution < -0.4 is 9.21 Å². The molecule has 0 bridgehead atoms. The number of hydrogen-bond acceptors (Lipinski definition) is 3. The minimum Gasteiger partial charge on any atom is -0.283 e. The van der Waals surface area contributed by atoms with Crippen LogP contribution in [0.5, 0.6) is 0 Å². The van der Waals surface area contributed by atoms with Crippen molar-refractivity contribution in [2.45, 2.75) is 18.0 Å². The quantitative estimate of drug-likeness (QED) is 0.607. The number of anilines is 2. The van der Waals surface area contributed by atoms with Gasteiger partial charge in [0.15, 0.2) is 0 Å². The average Bonchev–Trinajstić information content (AvgIpc) is 2.74. The predicted molar refractivity (Wildman–Crippen MR) is 115 cm³/mol. The van der Waals surface area contributed by atoms with Crippen molar-refractivity contribution in [3.8, 4) is 0 Å². The fourth-order valence-corrected chi connectivity index (χ4v) is 5.09. The maximum atomic E-state index is 13.7. The van der Waals surface area contributed by atoms with E-state index in [0.717, 1.165) is 5.56 Å². The monoisotopic (exact) mass is 404 g/mol. The fraction of sp³-hybridized carbons (Fsp3) is 0.0870. The molecule has 1 atom stereocenters. The summed E-state index contributed by atoms with van der Waals surface area (Å²) >= 11 is 0. The summed E-state index contributed by atoms with van der Waals surface area (Å²) in [5.74, 6) is -0.271. The molecule has 0 aromatic heterocycles. The number of para-hydroxylation sites is 2. The zero-order valence-corrected chi connectivity index (χ0v) is 16.7. The Morgan fingerprint density at radius 2 is 1.52 bits per heavy atom. The van der Waals surface area contributed by atoms with Gasteiger partial charge in [0.1, 0.15) is 6.17 Å². The number of carbonyl (C=O) groups is 1. The van der Waals surface area contributed by atoms with Crippen LogP contribution in [0.25, 0.3) is 0 Å². The van der Waals surface area contributed by atoms with Crippen molar-refractivity contribution in [3.05, 3.63) is 103 Å². The van der Waals surface area contributed by atoms with E-state index in [4.69, 9.17) is 0 Å². The molecule has 6 heteroatoms. The zero-order chi connectivity index (χ0) is 20.6. The van der Waals surface area contributed by atoms with Gasteiger partial charge in [-0.1, -0.05) is 54.6 Å². The van der Waals surface area contributed by atoms with Gasteiger partial charge >= 0.3 is 0 Å². The molecule has 1 amide bonds. The standard InChI is InChI=1S/C23H20N2O3S/c1-3-22-24(18-9-5-4-6-10-18)23(26)20-11-7-8-12-21(20)25(22)29(27,28)19-15-13-17(2)14-16-19/h3-16,22H,1H2,2H3. The molecule has 29 heavy (non-hydrogen) atoms. The number of amides is 1. The predicted octanol–water partition coefficient (Wildman–Crippen LogP) is 4.36. The van der Waals surface area contributed by atoms with Crippen LogP contribution in [-0.4, -0.2) is 20.5 Å². The molecule has 1 unspecified atom stereocenters. The van der Waals surface area contributed by atoms with Crippen LogP contribution in [0.15, 0.2) is 96.4 Å². The number of benzene rings is 3. The minimum absolute atomic E-state index is 0.159. The lowest BCUT2D eigenvalue weighted by Crippen LogP contribution is -2.56. The Morgan fingerprint density at radius 1 is 0.897 bits per heavy atom. The van der Waals surface area contributed by atoms with Gasteiger partial charge in [-0.05, 0) is 49.4 Å². The first kappa shape index (κ1) is 19.0. The summed E-state index contributed by atoms with van der Waals surface area (Å²) in [5, 5.41) is 0. The minimum atomic E-state index is -3.95. The number of hydrogen-bond donors (Lipinski definition) is 0. The van der Waals surface area contributed by atoms with Gasteiger partial charge in [-0.25, -0.2) is 12.7 Å². The largest absolute Gasteiger partial charge is 0.283 e. The molecule has 0 N–H and O–H groups in total. The molecule has 0 radical (unpaired) electrons. The fourth-order valence-electron chi connectivity index (χ4n) is 3.50. The van der Waals surface area contributed by atoms with E-state index in [2.05, 4.69) is 6.58 Å². The first-order valence-corrected chi connectivity index (χ1v) is 10.6. The number of fused-ring (bicyclic) bond motifs is 1. The van der Waals surface area contributed by atoms with Gasteiger partial charge in [0.25, 0.3) is 15.9 Å². The number of rotatable bonds is 4. The molecule has 146 valence electrons. The Labute approximate surface area is 170 Å². The third-order valence-electron chi connectivity index (χ3n) is 4.92. The molecular formula is C23H20N2O3S. The summed E-state index contributed by atoms with van der Waals surface area (Å²) in [6.07, 6.45) is 0.582. The smallest absolute Gasteiger partial charge is 0.266 e. The Morgan fingerprint density at radius 3 is 2.17 bits per heavy atom. The van der Waals surface area contributed by atoms with E-state index in [1.165, 1.54) is 15.3 Å². The van der Waals surface area contributed by atoms with E-state index in [9.17, 15) is 13.2 Å². The Balaban J connectivity index is 1.96. The molecular weight excluding hydrogens is 384 g/mol. The van der Waals surface area contributed by atoms with E-state index in [1.54, 1.807) is 60.7 Å². The van der Waals surface area contributed by atoms with Gasteiger partial charge in [-0.3, -0.25) is 9.69 Å². The third kappa shape index (κ3) is 3.11. The second-order valence-corrected chi connectivity index (χ2v) is 8.61. The Kier molecular flexibility index (Phi) is 4.72. The van der Waals surface area contributed by atoms with Gasteiger partial charge in [-0.15, -0.1) is 0 Å². The highest BCUT2D eigenvalue weighted by molar-refractivity contribution is 7.92. The highest BCUT2D eigenvalue weighted by atomic mass is 32.2. The molecule has 0 spiro atoms. The SMILES string of the molecule is C=CC1N(c2ccccc2)C(=O)c2ccccc2N1S(=O)(=O)c1ccc(C)cc1. The van der Waals surface area contributed by atoms with E-state index >= 15 is 0 Å². The first-order chi connectivity index (χ1) is 13.9. The molecule has 0 fully saturated rings. The first-order valence-electron chi connectivity index (χ1n) is 9.16. The molecule has 1 aliphatic heterocycles. The van der Waals surface area contributed by atoms with Crippen LogP contribution in [-0.2, 0) is 10.0 Å². The van der Waals surface area contributed by atoms with Crippen molar-refractivity contribution in [3.63, 3.8) is 0 Å². The van der Waals surface area contributed by atoms with E-state index in [1.807, 2.05) is 25.1 Å². The summed E-state index contributed by atoms with van der Waals surface area (Å²) in [6.45, 7) is 5.74. The molecule has 0 saturated carbocycles. The van der Waals surface area contributed by atoms with Crippen LogP contribution in [0.1, 0.15) is 15.9 Å². The van der Waals surface area contributed by atoms with Crippen LogP contribution in [0, 0.1) is 6.92 Å². The Bertz CT molecular complexity index is 1170. The third-order valence-corrected chi connectivity index (χ3v) is 6.72. The molecule has 1 aliphatic rings. The van der Waals surface area contributed by atoms with E-state index in [0.29, 0.717) is 16.9 Å². The molecule has 0 aliphatic carbocycles. The zero-order valence-electron chi connectivity index (χ0n) is 15.9. The van der Waals surface area contributed by atoms with Crippen LogP contribution in [0.4, 0.5) is 11.4 Å². The van der Waals surface area contributed by atoms with Gasteiger partial charge in [0, 0.05) is 5.69 Å². The summed E-state index contributed by atoms with van der Waals surface area (Å²) in [7, 11) is -3.95. The number of carbonyl (C=O) groups excluding carboxylic acids is 1. The van der Waals surface area contributed by atoms with Crippen molar-refractivity contribution in [1.82, 2.24) is 0 Å². The van der Waals surface area contributed by atoms with E-state index in [-0.39, 0.29) is 10.8 Å². The van der Waals surface area contributed by atoms with E-state index < -0.39 is 16.2 Å². The second-order valence-electron chi connectivity index (χ2n) is 6.79. The van der Waals surface area contributed by atoms with Gasteiger partial charge in [0.05, 0.1) is 16.1 Å². The summed E-state index contributed by atoms with van der Waals surface area (Å²) in [5.41, 5.74) is 2.23. The van der Waals surface area contributed by atoms with Crippen molar-refractivity contribution >= 4 is 27.3 Å². The maximum Gasteiger partial charge on any atom is 0.266 e. The lowest BCUT2D eigenvalue weighted by molar-refractivity contribution is 0.0977. The van der Waals surface area contributed by atoms with Gasteiger partial charge in [-0.2, -0.15) is 0 Å². The van der Waals surface area contributed by atoms with Crippen LogP contribution in [0.2, 0.25) is 0 Å².